The van der Waals surface area contributed by atoms with Crippen LogP contribution in [-0.4, -0.2) is 71.1 Å². The van der Waals surface area contributed by atoms with Crippen molar-refractivity contribution in [2.24, 2.45) is 5.92 Å². The van der Waals surface area contributed by atoms with E-state index in [9.17, 15) is 4.79 Å². The van der Waals surface area contributed by atoms with Crippen molar-refractivity contribution < 1.29 is 9.32 Å². The van der Waals surface area contributed by atoms with Crippen molar-refractivity contribution in [1.29, 1.82) is 0 Å². The van der Waals surface area contributed by atoms with Crippen LogP contribution in [-0.2, 0) is 11.3 Å². The maximum Gasteiger partial charge on any atom is 0.219 e. The van der Waals surface area contributed by atoms with Crippen molar-refractivity contribution in [3.63, 3.8) is 0 Å². The van der Waals surface area contributed by atoms with Gasteiger partial charge in [-0.1, -0.05) is 12.1 Å². The van der Waals surface area contributed by atoms with Gasteiger partial charge in [0, 0.05) is 64.8 Å². The number of carbonyl (C=O) groups is 1. The SMILES string of the molecule is CC(=O)N1CCN([C@H]2CN(Cc3ccon3)C[C@H]2C)CC1. The molecule has 21 heavy (non-hydrogen) atoms. The maximum absolute atomic E-state index is 11.4. The second-order valence-electron chi connectivity index (χ2n) is 6.27. The van der Waals surface area contributed by atoms with Gasteiger partial charge in [-0.3, -0.25) is 14.6 Å². The topological polar surface area (TPSA) is 52.8 Å². The van der Waals surface area contributed by atoms with Gasteiger partial charge in [0.25, 0.3) is 0 Å². The van der Waals surface area contributed by atoms with Crippen LogP contribution in [0.3, 0.4) is 0 Å². The van der Waals surface area contributed by atoms with E-state index in [-0.39, 0.29) is 5.91 Å². The molecule has 2 aliphatic rings. The Labute approximate surface area is 125 Å². The summed E-state index contributed by atoms with van der Waals surface area (Å²) in [5.74, 6) is 0.850. The van der Waals surface area contributed by atoms with Gasteiger partial charge in [0.2, 0.25) is 5.91 Å². The molecule has 0 bridgehead atoms. The predicted octanol–water partition coefficient (Wildman–Crippen LogP) is 0.659. The second kappa shape index (κ2) is 6.15. The van der Waals surface area contributed by atoms with Gasteiger partial charge in [0.1, 0.15) is 6.26 Å². The Morgan fingerprint density at radius 2 is 2.10 bits per heavy atom. The van der Waals surface area contributed by atoms with E-state index in [0.717, 1.165) is 51.5 Å². The third kappa shape index (κ3) is 3.27. The minimum atomic E-state index is 0.196. The molecule has 2 atom stereocenters. The standard InChI is InChI=1S/C15H24N4O2/c1-12-9-17(10-14-3-8-21-16-14)11-15(12)19-6-4-18(5-7-19)13(2)20/h3,8,12,15H,4-7,9-11H2,1-2H3/t12-,15+/m1/s1. The van der Waals surface area contributed by atoms with Crippen molar-refractivity contribution in [2.45, 2.75) is 26.4 Å². The highest BCUT2D eigenvalue weighted by Crippen LogP contribution is 2.24. The van der Waals surface area contributed by atoms with Crippen LogP contribution in [0.2, 0.25) is 0 Å². The predicted molar refractivity (Wildman–Crippen MR) is 78.6 cm³/mol. The molecule has 0 N–H and O–H groups in total. The van der Waals surface area contributed by atoms with E-state index in [1.165, 1.54) is 0 Å². The maximum atomic E-state index is 11.4. The van der Waals surface area contributed by atoms with E-state index in [0.29, 0.717) is 12.0 Å². The van der Waals surface area contributed by atoms with E-state index < -0.39 is 0 Å². The van der Waals surface area contributed by atoms with Crippen LogP contribution in [0.15, 0.2) is 16.9 Å². The lowest BCUT2D eigenvalue weighted by Gasteiger charge is -2.39. The fourth-order valence-corrected chi connectivity index (χ4v) is 3.57. The van der Waals surface area contributed by atoms with Crippen LogP contribution in [0.25, 0.3) is 0 Å². The Morgan fingerprint density at radius 3 is 2.71 bits per heavy atom. The lowest BCUT2D eigenvalue weighted by molar-refractivity contribution is -0.130. The third-order valence-electron chi connectivity index (χ3n) is 4.75. The Morgan fingerprint density at radius 1 is 1.33 bits per heavy atom. The number of carbonyl (C=O) groups excluding carboxylic acids is 1. The first-order valence-corrected chi connectivity index (χ1v) is 7.74. The second-order valence-corrected chi connectivity index (χ2v) is 6.27. The van der Waals surface area contributed by atoms with Crippen LogP contribution in [0.1, 0.15) is 19.5 Å². The van der Waals surface area contributed by atoms with Gasteiger partial charge in [-0.15, -0.1) is 0 Å². The molecule has 0 radical (unpaired) electrons. The van der Waals surface area contributed by atoms with Crippen molar-refractivity contribution in [2.75, 3.05) is 39.3 Å². The number of piperazine rings is 1. The van der Waals surface area contributed by atoms with Gasteiger partial charge in [-0.2, -0.15) is 0 Å². The fourth-order valence-electron chi connectivity index (χ4n) is 3.57. The third-order valence-corrected chi connectivity index (χ3v) is 4.75. The normalized spacial score (nSPS) is 28.2. The first-order chi connectivity index (χ1) is 10.1. The first-order valence-electron chi connectivity index (χ1n) is 7.74. The van der Waals surface area contributed by atoms with Crippen molar-refractivity contribution in [3.05, 3.63) is 18.0 Å². The molecule has 3 rings (SSSR count). The van der Waals surface area contributed by atoms with E-state index in [1.807, 2.05) is 11.0 Å². The monoisotopic (exact) mass is 292 g/mol. The zero-order valence-electron chi connectivity index (χ0n) is 12.9. The average molecular weight is 292 g/mol. The molecule has 0 saturated carbocycles. The van der Waals surface area contributed by atoms with E-state index in [4.69, 9.17) is 4.52 Å². The molecular formula is C15H24N4O2. The minimum Gasteiger partial charge on any atom is -0.364 e. The molecule has 0 aromatic carbocycles. The molecular weight excluding hydrogens is 268 g/mol. The van der Waals surface area contributed by atoms with Gasteiger partial charge in [-0.05, 0) is 5.92 Å². The van der Waals surface area contributed by atoms with Gasteiger partial charge in [0.15, 0.2) is 0 Å². The Hall–Kier alpha value is -1.40. The summed E-state index contributed by atoms with van der Waals surface area (Å²) in [5, 5.41) is 4.00. The number of aromatic nitrogens is 1. The van der Waals surface area contributed by atoms with Crippen LogP contribution < -0.4 is 0 Å². The van der Waals surface area contributed by atoms with Crippen LogP contribution in [0.5, 0.6) is 0 Å². The summed E-state index contributed by atoms with van der Waals surface area (Å²) in [6.07, 6.45) is 1.63. The largest absolute Gasteiger partial charge is 0.364 e. The summed E-state index contributed by atoms with van der Waals surface area (Å²) < 4.78 is 4.90. The summed E-state index contributed by atoms with van der Waals surface area (Å²) in [6, 6.07) is 2.52. The van der Waals surface area contributed by atoms with E-state index in [2.05, 4.69) is 21.9 Å². The highest BCUT2D eigenvalue weighted by atomic mass is 16.5. The molecule has 2 aliphatic heterocycles. The lowest BCUT2D eigenvalue weighted by atomic mass is 10.0. The van der Waals surface area contributed by atoms with E-state index >= 15 is 0 Å². The molecule has 116 valence electrons. The highest BCUT2D eigenvalue weighted by Gasteiger charge is 2.35. The van der Waals surface area contributed by atoms with E-state index in [1.54, 1.807) is 13.2 Å². The number of rotatable bonds is 3. The van der Waals surface area contributed by atoms with Crippen LogP contribution >= 0.6 is 0 Å². The molecule has 0 unspecified atom stereocenters. The summed E-state index contributed by atoms with van der Waals surface area (Å²) in [7, 11) is 0. The molecule has 1 aromatic heterocycles. The molecule has 2 saturated heterocycles. The molecule has 1 aromatic rings. The number of hydrogen-bond donors (Lipinski definition) is 0. The quantitative estimate of drug-likeness (QED) is 0.819. The zero-order valence-corrected chi connectivity index (χ0v) is 12.9. The van der Waals surface area contributed by atoms with Crippen molar-refractivity contribution >= 4 is 5.91 Å². The summed E-state index contributed by atoms with van der Waals surface area (Å²) >= 11 is 0. The minimum absolute atomic E-state index is 0.196. The van der Waals surface area contributed by atoms with Gasteiger partial charge >= 0.3 is 0 Å². The number of nitrogens with zero attached hydrogens (tertiary/aromatic N) is 4. The Kier molecular flexibility index (Phi) is 4.26. The smallest absolute Gasteiger partial charge is 0.219 e. The molecule has 3 heterocycles. The molecule has 1 amide bonds. The zero-order chi connectivity index (χ0) is 14.8. The fraction of sp³-hybridized carbons (Fsp3) is 0.733. The summed E-state index contributed by atoms with van der Waals surface area (Å²) in [4.78, 5) is 18.3. The van der Waals surface area contributed by atoms with Gasteiger partial charge < -0.3 is 9.42 Å². The number of hydrogen-bond acceptors (Lipinski definition) is 5. The average Bonchev–Trinajstić information content (AvgIpc) is 3.09. The highest BCUT2D eigenvalue weighted by molar-refractivity contribution is 5.73. The van der Waals surface area contributed by atoms with Crippen LogP contribution in [0.4, 0.5) is 0 Å². The van der Waals surface area contributed by atoms with Crippen molar-refractivity contribution in [1.82, 2.24) is 19.9 Å². The molecule has 0 aliphatic carbocycles. The Bertz CT molecular complexity index is 468. The summed E-state index contributed by atoms with van der Waals surface area (Å²) in [5.41, 5.74) is 1.00. The number of likely N-dealkylation sites (tertiary alicyclic amines) is 1. The first kappa shape index (κ1) is 14.5. The van der Waals surface area contributed by atoms with Gasteiger partial charge in [0.05, 0.1) is 5.69 Å². The molecule has 6 heteroatoms. The lowest BCUT2D eigenvalue weighted by Crippen LogP contribution is -2.53. The molecule has 6 nitrogen and oxygen atoms in total. The number of amides is 1. The van der Waals surface area contributed by atoms with Crippen molar-refractivity contribution in [3.8, 4) is 0 Å². The summed E-state index contributed by atoms with van der Waals surface area (Å²) in [6.45, 7) is 10.7. The van der Waals surface area contributed by atoms with Crippen LogP contribution in [0, 0.1) is 5.92 Å². The molecule has 0 spiro atoms. The van der Waals surface area contributed by atoms with Gasteiger partial charge in [-0.25, -0.2) is 0 Å². The Balaban J connectivity index is 1.53. The molecule has 2 fully saturated rings.